The number of rotatable bonds is 3. The molecule has 1 atom stereocenters. The molecule has 1 aromatic carbocycles. The van der Waals surface area contributed by atoms with Crippen LogP contribution in [0.2, 0.25) is 0 Å². The molecule has 0 spiro atoms. The van der Waals surface area contributed by atoms with Gasteiger partial charge in [0.05, 0.1) is 5.60 Å². The highest BCUT2D eigenvalue weighted by Gasteiger charge is 2.24. The average Bonchev–Trinajstić information content (AvgIpc) is 3.18. The van der Waals surface area contributed by atoms with Gasteiger partial charge in [-0.3, -0.25) is 4.79 Å². The van der Waals surface area contributed by atoms with E-state index >= 15 is 0 Å². The molecule has 4 rings (SSSR count). The second kappa shape index (κ2) is 5.95. The van der Waals surface area contributed by atoms with Gasteiger partial charge in [-0.15, -0.1) is 0 Å². The molecule has 1 unspecified atom stereocenters. The van der Waals surface area contributed by atoms with Crippen LogP contribution in [0.3, 0.4) is 0 Å². The van der Waals surface area contributed by atoms with Crippen molar-refractivity contribution in [2.75, 3.05) is 6.54 Å². The van der Waals surface area contributed by atoms with Crippen LogP contribution in [0.15, 0.2) is 42.7 Å². The number of fused-ring (bicyclic) bond motifs is 1. The predicted molar refractivity (Wildman–Crippen MR) is 102 cm³/mol. The van der Waals surface area contributed by atoms with Gasteiger partial charge in [0.1, 0.15) is 5.65 Å². The highest BCUT2D eigenvalue weighted by molar-refractivity contribution is 5.94. The van der Waals surface area contributed by atoms with Gasteiger partial charge in [0.15, 0.2) is 0 Å². The summed E-state index contributed by atoms with van der Waals surface area (Å²) in [6.45, 7) is 4.23. The normalized spacial score (nSPS) is 17.7. The molecule has 26 heavy (non-hydrogen) atoms. The first-order valence-electron chi connectivity index (χ1n) is 8.88. The standard InChI is InChI=1S/C21H23N3O2/c1-21(2,26)16-9-17-18(12-24(3)20(17)23-11-16)14-6-4-5-13(7-14)15-8-19(25)22-10-15/h4-7,9,11-12,15,26H,8,10H2,1-3H3,(H,22,25). The molecule has 2 aromatic heterocycles. The van der Waals surface area contributed by atoms with Crippen molar-refractivity contribution in [1.82, 2.24) is 14.9 Å². The second-order valence-electron chi connectivity index (χ2n) is 7.64. The number of carbonyl (C=O) groups is 1. The lowest BCUT2D eigenvalue weighted by Crippen LogP contribution is -2.15. The summed E-state index contributed by atoms with van der Waals surface area (Å²) in [7, 11) is 1.98. The summed E-state index contributed by atoms with van der Waals surface area (Å²) in [5, 5.41) is 14.3. The lowest BCUT2D eigenvalue weighted by molar-refractivity contribution is -0.119. The number of nitrogens with one attached hydrogen (secondary N) is 1. The average molecular weight is 349 g/mol. The van der Waals surface area contributed by atoms with Crippen molar-refractivity contribution in [2.24, 2.45) is 7.05 Å². The van der Waals surface area contributed by atoms with E-state index in [1.165, 1.54) is 5.56 Å². The third-order valence-corrected chi connectivity index (χ3v) is 5.17. The minimum absolute atomic E-state index is 0.115. The molecule has 0 saturated carbocycles. The smallest absolute Gasteiger partial charge is 0.220 e. The van der Waals surface area contributed by atoms with Gasteiger partial charge in [-0.25, -0.2) is 4.98 Å². The van der Waals surface area contributed by atoms with Crippen molar-refractivity contribution in [3.8, 4) is 11.1 Å². The number of aryl methyl sites for hydroxylation is 1. The maximum atomic E-state index is 11.5. The van der Waals surface area contributed by atoms with Crippen molar-refractivity contribution in [3.63, 3.8) is 0 Å². The number of amides is 1. The minimum Gasteiger partial charge on any atom is -0.386 e. The second-order valence-corrected chi connectivity index (χ2v) is 7.64. The molecule has 134 valence electrons. The number of pyridine rings is 1. The molecule has 1 aliphatic rings. The molecule has 1 saturated heterocycles. The number of hydrogen-bond acceptors (Lipinski definition) is 3. The van der Waals surface area contributed by atoms with Crippen LogP contribution in [0.1, 0.15) is 37.3 Å². The maximum absolute atomic E-state index is 11.5. The van der Waals surface area contributed by atoms with Crippen LogP contribution in [0, 0.1) is 0 Å². The third-order valence-electron chi connectivity index (χ3n) is 5.17. The Balaban J connectivity index is 1.82. The van der Waals surface area contributed by atoms with Gasteiger partial charge in [0, 0.05) is 54.8 Å². The zero-order valence-corrected chi connectivity index (χ0v) is 15.3. The van der Waals surface area contributed by atoms with E-state index in [0.29, 0.717) is 13.0 Å². The molecule has 1 fully saturated rings. The Labute approximate surface area is 152 Å². The summed E-state index contributed by atoms with van der Waals surface area (Å²) < 4.78 is 2.01. The monoisotopic (exact) mass is 349 g/mol. The lowest BCUT2D eigenvalue weighted by Gasteiger charge is -2.17. The van der Waals surface area contributed by atoms with Gasteiger partial charge in [-0.05, 0) is 31.0 Å². The number of benzene rings is 1. The van der Waals surface area contributed by atoms with Crippen LogP contribution in [-0.2, 0) is 17.4 Å². The molecule has 3 aromatic rings. The van der Waals surface area contributed by atoms with Crippen molar-refractivity contribution < 1.29 is 9.90 Å². The summed E-state index contributed by atoms with van der Waals surface area (Å²) in [5.74, 6) is 0.340. The van der Waals surface area contributed by atoms with E-state index in [4.69, 9.17) is 0 Å². The summed E-state index contributed by atoms with van der Waals surface area (Å²) >= 11 is 0. The quantitative estimate of drug-likeness (QED) is 0.764. The molecule has 2 N–H and O–H groups in total. The van der Waals surface area contributed by atoms with Gasteiger partial charge in [-0.1, -0.05) is 24.3 Å². The molecular weight excluding hydrogens is 326 g/mol. The number of carbonyl (C=O) groups excluding carboxylic acids is 1. The van der Waals surface area contributed by atoms with Crippen LogP contribution in [-0.4, -0.2) is 27.1 Å². The minimum atomic E-state index is -0.938. The Kier molecular flexibility index (Phi) is 3.84. The maximum Gasteiger partial charge on any atom is 0.220 e. The van der Waals surface area contributed by atoms with Gasteiger partial charge in [-0.2, -0.15) is 0 Å². The molecule has 1 amide bonds. The zero-order valence-electron chi connectivity index (χ0n) is 15.3. The first kappa shape index (κ1) is 16.8. The van der Waals surface area contributed by atoms with Gasteiger partial charge in [0.2, 0.25) is 5.91 Å². The third kappa shape index (κ3) is 2.88. The Morgan fingerprint density at radius 2 is 2.12 bits per heavy atom. The number of aromatic nitrogens is 2. The van der Waals surface area contributed by atoms with Crippen LogP contribution in [0.4, 0.5) is 0 Å². The van der Waals surface area contributed by atoms with Crippen LogP contribution < -0.4 is 5.32 Å². The highest BCUT2D eigenvalue weighted by atomic mass is 16.3. The Bertz CT molecular complexity index is 998. The van der Waals surface area contributed by atoms with Crippen LogP contribution in [0.5, 0.6) is 0 Å². The lowest BCUT2D eigenvalue weighted by atomic mass is 9.93. The Morgan fingerprint density at radius 3 is 2.81 bits per heavy atom. The molecule has 1 aliphatic heterocycles. The number of aliphatic hydroxyl groups is 1. The van der Waals surface area contributed by atoms with Crippen LogP contribution >= 0.6 is 0 Å². The highest BCUT2D eigenvalue weighted by Crippen LogP contribution is 2.34. The van der Waals surface area contributed by atoms with Gasteiger partial charge in [0.25, 0.3) is 0 Å². The largest absolute Gasteiger partial charge is 0.386 e. The fraction of sp³-hybridized carbons (Fsp3) is 0.333. The molecule has 0 aliphatic carbocycles. The predicted octanol–water partition coefficient (Wildman–Crippen LogP) is 3.07. The summed E-state index contributed by atoms with van der Waals surface area (Å²) in [6.07, 6.45) is 4.35. The first-order valence-corrected chi connectivity index (χ1v) is 8.88. The summed E-state index contributed by atoms with van der Waals surface area (Å²) in [4.78, 5) is 16.1. The van der Waals surface area contributed by atoms with E-state index in [9.17, 15) is 9.90 Å². The molecule has 0 bridgehead atoms. The van der Waals surface area contributed by atoms with E-state index in [1.54, 1.807) is 20.0 Å². The number of nitrogens with zero attached hydrogens (tertiary/aromatic N) is 2. The fourth-order valence-corrected chi connectivity index (χ4v) is 3.63. The molecular formula is C21H23N3O2. The van der Waals surface area contributed by atoms with E-state index in [1.807, 2.05) is 23.7 Å². The van der Waals surface area contributed by atoms with E-state index in [2.05, 4.69) is 34.7 Å². The van der Waals surface area contributed by atoms with Gasteiger partial charge >= 0.3 is 0 Å². The molecule has 5 nitrogen and oxygen atoms in total. The Morgan fingerprint density at radius 1 is 1.31 bits per heavy atom. The van der Waals surface area contributed by atoms with Crippen molar-refractivity contribution in [1.29, 1.82) is 0 Å². The molecule has 0 radical (unpaired) electrons. The SMILES string of the molecule is Cn1cc(-c2cccc(C3CNC(=O)C3)c2)c2cc(C(C)(C)O)cnc21. The van der Waals surface area contributed by atoms with E-state index in [0.717, 1.165) is 27.7 Å². The molecule has 5 heteroatoms. The first-order chi connectivity index (χ1) is 12.3. The topological polar surface area (TPSA) is 67.2 Å². The van der Waals surface area contributed by atoms with Crippen molar-refractivity contribution in [3.05, 3.63) is 53.9 Å². The van der Waals surface area contributed by atoms with Gasteiger partial charge < -0.3 is 15.0 Å². The molecule has 3 heterocycles. The van der Waals surface area contributed by atoms with Crippen molar-refractivity contribution >= 4 is 16.9 Å². The van der Waals surface area contributed by atoms with Crippen molar-refractivity contribution in [2.45, 2.75) is 31.8 Å². The summed E-state index contributed by atoms with van der Waals surface area (Å²) in [6, 6.07) is 10.4. The van der Waals surface area contributed by atoms with E-state index in [-0.39, 0.29) is 11.8 Å². The zero-order chi connectivity index (χ0) is 18.5. The fourth-order valence-electron chi connectivity index (χ4n) is 3.63. The van der Waals surface area contributed by atoms with E-state index < -0.39 is 5.60 Å². The number of hydrogen-bond donors (Lipinski definition) is 2. The Hall–Kier alpha value is -2.66. The van der Waals surface area contributed by atoms with Crippen LogP contribution in [0.25, 0.3) is 22.2 Å². The summed E-state index contributed by atoms with van der Waals surface area (Å²) in [5.41, 5.74) is 4.09.